The van der Waals surface area contributed by atoms with Crippen LogP contribution < -0.4 is 4.74 Å². The molecule has 1 unspecified atom stereocenters. The van der Waals surface area contributed by atoms with E-state index in [-0.39, 0.29) is 28.8 Å². The van der Waals surface area contributed by atoms with Crippen molar-refractivity contribution in [3.05, 3.63) is 35.5 Å². The van der Waals surface area contributed by atoms with Gasteiger partial charge in [0, 0.05) is 6.07 Å². The highest BCUT2D eigenvalue weighted by atomic mass is 28.4. The van der Waals surface area contributed by atoms with Crippen molar-refractivity contribution in [1.82, 2.24) is 4.98 Å². The lowest BCUT2D eigenvalue weighted by Gasteiger charge is -2.44. The summed E-state index contributed by atoms with van der Waals surface area (Å²) >= 11 is 0. The first-order valence-electron chi connectivity index (χ1n) is 8.59. The van der Waals surface area contributed by atoms with Crippen LogP contribution in [-0.2, 0) is 9.22 Å². The molecule has 1 aromatic heterocycles. The van der Waals surface area contributed by atoms with Crippen molar-refractivity contribution in [3.8, 4) is 5.88 Å². The fraction of sp³-hybridized carbons (Fsp3) is 0.579. The van der Waals surface area contributed by atoms with Crippen LogP contribution in [0.25, 0.3) is 0 Å². The fourth-order valence-electron chi connectivity index (χ4n) is 3.23. The molecule has 0 N–H and O–H groups in total. The fourth-order valence-corrected chi connectivity index (χ4v) is 4.49. The van der Waals surface area contributed by atoms with Gasteiger partial charge in [0.2, 0.25) is 5.88 Å². The van der Waals surface area contributed by atoms with Gasteiger partial charge in [0.15, 0.2) is 14.1 Å². The minimum atomic E-state index is -2.03. The lowest BCUT2D eigenvalue weighted by Crippen LogP contribution is -2.46. The molecular weight excluding hydrogens is 318 g/mol. The van der Waals surface area contributed by atoms with Crippen LogP contribution in [0.4, 0.5) is 0 Å². The third-order valence-electron chi connectivity index (χ3n) is 5.73. The normalized spacial score (nSPS) is 26.2. The number of pyridine rings is 1. The maximum atomic E-state index is 12.9. The van der Waals surface area contributed by atoms with Gasteiger partial charge in [-0.25, -0.2) is 4.98 Å². The number of aromatic nitrogens is 1. The molecule has 4 nitrogen and oxygen atoms in total. The molecule has 130 valence electrons. The highest BCUT2D eigenvalue weighted by Gasteiger charge is 2.48. The number of methoxy groups -OCH3 is 1. The van der Waals surface area contributed by atoms with E-state index >= 15 is 0 Å². The Hall–Kier alpha value is -1.46. The van der Waals surface area contributed by atoms with Crippen LogP contribution in [0, 0.1) is 5.92 Å². The average molecular weight is 346 g/mol. The lowest BCUT2D eigenvalue weighted by atomic mass is 9.71. The molecule has 0 saturated carbocycles. The summed E-state index contributed by atoms with van der Waals surface area (Å²) < 4.78 is 12.0. The standard InChI is InChI=1S/C19H27NO3Si/c1-19(2,3)24(5,6)23-18-14-9-7-8-13(17(14)21)12-10-11-15(22-4)20-16(12)18/h7-8,10-11,13-14,18H,9H2,1-6H3/t13-,14-,18?/m1/s1. The summed E-state index contributed by atoms with van der Waals surface area (Å²) in [4.78, 5) is 17.6. The zero-order valence-electron chi connectivity index (χ0n) is 15.4. The van der Waals surface area contributed by atoms with Gasteiger partial charge in [0.05, 0.1) is 30.7 Å². The van der Waals surface area contributed by atoms with Crippen molar-refractivity contribution < 1.29 is 14.0 Å². The number of carbonyl (C=O) groups is 1. The molecule has 0 amide bonds. The summed E-state index contributed by atoms with van der Waals surface area (Å²) in [6.07, 6.45) is 4.58. The van der Waals surface area contributed by atoms with Crippen LogP contribution >= 0.6 is 0 Å². The smallest absolute Gasteiger partial charge is 0.213 e. The minimum absolute atomic E-state index is 0.0798. The Morgan fingerprint density at radius 3 is 2.58 bits per heavy atom. The Balaban J connectivity index is 2.09. The van der Waals surface area contributed by atoms with Gasteiger partial charge in [0.25, 0.3) is 0 Å². The Bertz CT molecular complexity index is 690. The molecule has 2 aliphatic carbocycles. The van der Waals surface area contributed by atoms with Crippen LogP contribution in [-0.4, -0.2) is 26.2 Å². The van der Waals surface area contributed by atoms with Gasteiger partial charge in [0.1, 0.15) is 0 Å². The van der Waals surface area contributed by atoms with E-state index in [1.54, 1.807) is 7.11 Å². The third kappa shape index (κ3) is 2.73. The molecule has 0 saturated heterocycles. The second-order valence-corrected chi connectivity index (χ2v) is 13.0. The zero-order valence-corrected chi connectivity index (χ0v) is 16.4. The Morgan fingerprint density at radius 1 is 1.25 bits per heavy atom. The van der Waals surface area contributed by atoms with E-state index in [1.807, 2.05) is 18.2 Å². The minimum Gasteiger partial charge on any atom is -0.481 e. The maximum Gasteiger partial charge on any atom is 0.213 e. The Labute approximate surface area is 145 Å². The van der Waals surface area contributed by atoms with Crippen LogP contribution in [0.2, 0.25) is 18.1 Å². The van der Waals surface area contributed by atoms with Gasteiger partial charge in [-0.2, -0.15) is 0 Å². The molecule has 5 heteroatoms. The second-order valence-electron chi connectivity index (χ2n) is 8.28. The molecule has 24 heavy (non-hydrogen) atoms. The summed E-state index contributed by atoms with van der Waals surface area (Å²) in [6.45, 7) is 11.1. The molecule has 0 fully saturated rings. The number of Topliss-reactive ketones (excluding diaryl/α,β-unsaturated/α-hetero) is 1. The van der Waals surface area contributed by atoms with Gasteiger partial charge >= 0.3 is 0 Å². The van der Waals surface area contributed by atoms with Gasteiger partial charge in [-0.3, -0.25) is 4.79 Å². The highest BCUT2D eigenvalue weighted by molar-refractivity contribution is 6.74. The second kappa shape index (κ2) is 5.81. The van der Waals surface area contributed by atoms with E-state index in [2.05, 4.69) is 44.9 Å². The Kier molecular flexibility index (Phi) is 4.20. The topological polar surface area (TPSA) is 48.4 Å². The first kappa shape index (κ1) is 17.4. The molecule has 0 aromatic carbocycles. The third-order valence-corrected chi connectivity index (χ3v) is 10.2. The summed E-state index contributed by atoms with van der Waals surface area (Å²) in [5.41, 5.74) is 1.86. The van der Waals surface area contributed by atoms with Crippen LogP contribution in [0.3, 0.4) is 0 Å². The Morgan fingerprint density at radius 2 is 1.96 bits per heavy atom. The van der Waals surface area contributed by atoms with Gasteiger partial charge in [-0.1, -0.05) is 39.0 Å². The van der Waals surface area contributed by atoms with E-state index in [0.717, 1.165) is 17.7 Å². The number of ether oxygens (including phenoxy) is 1. The van der Waals surface area contributed by atoms with Crippen molar-refractivity contribution in [3.63, 3.8) is 0 Å². The molecule has 3 atom stereocenters. The largest absolute Gasteiger partial charge is 0.481 e. The first-order valence-corrected chi connectivity index (χ1v) is 11.5. The maximum absolute atomic E-state index is 12.9. The molecule has 0 radical (unpaired) electrons. The van der Waals surface area contributed by atoms with Crippen molar-refractivity contribution in [2.75, 3.05) is 7.11 Å². The molecule has 3 rings (SSSR count). The van der Waals surface area contributed by atoms with E-state index in [9.17, 15) is 4.79 Å². The predicted octanol–water partition coefficient (Wildman–Crippen LogP) is 4.40. The number of allylic oxidation sites excluding steroid dienone is 2. The first-order chi connectivity index (χ1) is 11.2. The summed E-state index contributed by atoms with van der Waals surface area (Å²) in [7, 11) is -0.413. The summed E-state index contributed by atoms with van der Waals surface area (Å²) in [6, 6.07) is 3.80. The van der Waals surface area contributed by atoms with E-state index in [0.29, 0.717) is 5.88 Å². The van der Waals surface area contributed by atoms with Gasteiger partial charge < -0.3 is 9.16 Å². The van der Waals surface area contributed by atoms with Crippen molar-refractivity contribution >= 4 is 14.1 Å². The molecule has 1 heterocycles. The molecule has 0 spiro atoms. The van der Waals surface area contributed by atoms with Crippen LogP contribution in [0.15, 0.2) is 24.3 Å². The van der Waals surface area contributed by atoms with Crippen molar-refractivity contribution in [2.45, 2.75) is 57.3 Å². The van der Waals surface area contributed by atoms with E-state index in [4.69, 9.17) is 9.16 Å². The van der Waals surface area contributed by atoms with E-state index in [1.165, 1.54) is 0 Å². The molecular formula is C19H27NO3Si. The lowest BCUT2D eigenvalue weighted by molar-refractivity contribution is -0.128. The van der Waals surface area contributed by atoms with Crippen LogP contribution in [0.1, 0.15) is 50.5 Å². The predicted molar refractivity (Wildman–Crippen MR) is 96.8 cm³/mol. The number of carbonyl (C=O) groups excluding carboxylic acids is 1. The molecule has 1 aromatic rings. The summed E-state index contributed by atoms with van der Waals surface area (Å²) in [5, 5.41) is 0.0798. The number of hydrogen-bond donors (Lipinski definition) is 0. The highest BCUT2D eigenvalue weighted by Crippen LogP contribution is 2.49. The number of rotatable bonds is 3. The van der Waals surface area contributed by atoms with Crippen LogP contribution in [0.5, 0.6) is 5.88 Å². The monoisotopic (exact) mass is 345 g/mol. The molecule has 2 bridgehead atoms. The van der Waals surface area contributed by atoms with Crippen molar-refractivity contribution in [1.29, 1.82) is 0 Å². The molecule has 0 aliphatic heterocycles. The SMILES string of the molecule is COc1ccc2c(n1)C(O[Si](C)(C)C(C)(C)C)[C@@H]1CC=C[C@H]2C1=O. The van der Waals surface area contributed by atoms with Gasteiger partial charge in [-0.05, 0) is 30.1 Å². The van der Waals surface area contributed by atoms with E-state index < -0.39 is 8.32 Å². The zero-order chi connectivity index (χ0) is 17.7. The summed E-state index contributed by atoms with van der Waals surface area (Å²) in [5.74, 6) is 0.521. The van der Waals surface area contributed by atoms with Crippen molar-refractivity contribution in [2.24, 2.45) is 5.92 Å². The average Bonchev–Trinajstić information content (AvgIpc) is 2.50. The number of nitrogens with zero attached hydrogens (tertiary/aromatic N) is 1. The number of fused-ring (bicyclic) bond motifs is 4. The molecule has 2 aliphatic rings. The number of hydrogen-bond acceptors (Lipinski definition) is 4. The quantitative estimate of drug-likeness (QED) is 0.602. The number of ketones is 1. The van der Waals surface area contributed by atoms with Gasteiger partial charge in [-0.15, -0.1) is 0 Å².